The van der Waals surface area contributed by atoms with Crippen LogP contribution in [-0.4, -0.2) is 23.3 Å². The van der Waals surface area contributed by atoms with Crippen molar-refractivity contribution in [1.82, 2.24) is 9.97 Å². The zero-order valence-corrected chi connectivity index (χ0v) is 18.7. The molecule has 0 bridgehead atoms. The van der Waals surface area contributed by atoms with Gasteiger partial charge in [-0.25, -0.2) is 14.8 Å². The third-order valence-corrected chi connectivity index (χ3v) is 4.99. The highest BCUT2D eigenvalue weighted by atomic mass is 19.1. The topological polar surface area (TPSA) is 112 Å². The Hall–Kier alpha value is -4.97. The molecular formula is C26H20FN5O3. The molecule has 174 valence electrons. The molecule has 4 aromatic rings. The Morgan fingerprint density at radius 3 is 2.63 bits per heavy atom. The molecule has 0 aliphatic heterocycles. The van der Waals surface area contributed by atoms with Gasteiger partial charge in [0, 0.05) is 11.1 Å². The second kappa shape index (κ2) is 10.8. The van der Waals surface area contributed by atoms with Crippen molar-refractivity contribution < 1.29 is 13.9 Å². The summed E-state index contributed by atoms with van der Waals surface area (Å²) in [6, 6.07) is 22.3. The molecule has 0 spiro atoms. The number of nitrogens with one attached hydrogen (secondary N) is 2. The minimum atomic E-state index is -0.573. The molecule has 8 nitrogen and oxygen atoms in total. The molecule has 3 aromatic carbocycles. The van der Waals surface area contributed by atoms with Crippen LogP contribution in [0.5, 0.6) is 11.5 Å². The largest absolute Gasteiger partial charge is 0.496 e. The summed E-state index contributed by atoms with van der Waals surface area (Å²) in [7, 11) is 1.54. The van der Waals surface area contributed by atoms with Gasteiger partial charge in [-0.05, 0) is 35.9 Å². The molecule has 2 N–H and O–H groups in total. The van der Waals surface area contributed by atoms with Gasteiger partial charge in [0.25, 0.3) is 5.56 Å². The molecular weight excluding hydrogens is 449 g/mol. The van der Waals surface area contributed by atoms with Crippen LogP contribution in [0.25, 0.3) is 11.3 Å². The van der Waals surface area contributed by atoms with E-state index in [4.69, 9.17) is 9.47 Å². The van der Waals surface area contributed by atoms with Gasteiger partial charge in [0.05, 0.1) is 19.0 Å². The molecule has 0 amide bonds. The molecule has 0 saturated carbocycles. The van der Waals surface area contributed by atoms with E-state index in [0.717, 1.165) is 0 Å². The molecule has 9 heteroatoms. The van der Waals surface area contributed by atoms with Gasteiger partial charge < -0.3 is 9.47 Å². The Kier molecular flexibility index (Phi) is 7.13. The summed E-state index contributed by atoms with van der Waals surface area (Å²) in [5.41, 5.74) is 4.32. The first-order chi connectivity index (χ1) is 17.1. The van der Waals surface area contributed by atoms with Crippen molar-refractivity contribution in [1.29, 1.82) is 5.26 Å². The van der Waals surface area contributed by atoms with Gasteiger partial charge in [0.2, 0.25) is 5.95 Å². The summed E-state index contributed by atoms with van der Waals surface area (Å²) in [5, 5.41) is 13.5. The predicted octanol–water partition coefficient (Wildman–Crippen LogP) is 4.48. The number of para-hydroxylation sites is 1. The van der Waals surface area contributed by atoms with Crippen LogP contribution in [0.3, 0.4) is 0 Å². The van der Waals surface area contributed by atoms with Crippen molar-refractivity contribution >= 4 is 12.2 Å². The number of rotatable bonds is 8. The van der Waals surface area contributed by atoms with Crippen LogP contribution in [0.2, 0.25) is 0 Å². The molecule has 35 heavy (non-hydrogen) atoms. The van der Waals surface area contributed by atoms with Gasteiger partial charge in [-0.1, -0.05) is 42.5 Å². The summed E-state index contributed by atoms with van der Waals surface area (Å²) in [5.74, 6) is 0.352. The maximum absolute atomic E-state index is 13.9. The molecule has 1 heterocycles. The van der Waals surface area contributed by atoms with Gasteiger partial charge in [0.1, 0.15) is 24.0 Å². The SMILES string of the molecule is COc1ccc(C=NNc2nc(-c3ccccc3)c(C#N)c(=O)[nH]2)cc1COc1ccccc1F. The van der Waals surface area contributed by atoms with E-state index >= 15 is 0 Å². The maximum atomic E-state index is 13.9. The van der Waals surface area contributed by atoms with E-state index in [1.54, 1.807) is 60.7 Å². The van der Waals surface area contributed by atoms with Crippen molar-refractivity contribution in [2.45, 2.75) is 6.61 Å². The van der Waals surface area contributed by atoms with Gasteiger partial charge in [-0.3, -0.25) is 9.78 Å². The Labute approximate surface area is 200 Å². The average Bonchev–Trinajstić information content (AvgIpc) is 2.88. The first-order valence-corrected chi connectivity index (χ1v) is 10.5. The number of hydrogen-bond acceptors (Lipinski definition) is 7. The van der Waals surface area contributed by atoms with Gasteiger partial charge in [-0.2, -0.15) is 10.4 Å². The number of ether oxygens (including phenoxy) is 2. The van der Waals surface area contributed by atoms with E-state index in [0.29, 0.717) is 22.4 Å². The van der Waals surface area contributed by atoms with E-state index < -0.39 is 11.4 Å². The number of H-pyrrole nitrogens is 1. The number of aromatic amines is 1. The third kappa shape index (κ3) is 5.51. The number of anilines is 1. The van der Waals surface area contributed by atoms with E-state index in [9.17, 15) is 14.4 Å². The van der Waals surface area contributed by atoms with Crippen LogP contribution in [0, 0.1) is 17.1 Å². The second-order valence-corrected chi connectivity index (χ2v) is 7.28. The number of methoxy groups -OCH3 is 1. The number of benzene rings is 3. The Morgan fingerprint density at radius 1 is 1.11 bits per heavy atom. The van der Waals surface area contributed by atoms with E-state index in [2.05, 4.69) is 20.5 Å². The minimum absolute atomic E-state index is 0.0830. The van der Waals surface area contributed by atoms with Crippen molar-refractivity contribution in [3.8, 4) is 28.8 Å². The van der Waals surface area contributed by atoms with Crippen molar-refractivity contribution in [3.63, 3.8) is 0 Å². The smallest absolute Gasteiger partial charge is 0.270 e. The molecule has 0 radical (unpaired) electrons. The molecule has 0 saturated heterocycles. The van der Waals surface area contributed by atoms with E-state index in [1.807, 2.05) is 12.1 Å². The maximum Gasteiger partial charge on any atom is 0.270 e. The molecule has 0 aliphatic rings. The monoisotopic (exact) mass is 469 g/mol. The Morgan fingerprint density at radius 2 is 1.89 bits per heavy atom. The lowest BCUT2D eigenvalue weighted by atomic mass is 10.1. The third-order valence-electron chi connectivity index (χ3n) is 4.99. The van der Waals surface area contributed by atoms with Crippen molar-refractivity contribution in [2.75, 3.05) is 12.5 Å². The zero-order chi connectivity index (χ0) is 24.6. The van der Waals surface area contributed by atoms with Crippen LogP contribution in [-0.2, 0) is 6.61 Å². The predicted molar refractivity (Wildman–Crippen MR) is 130 cm³/mol. The van der Waals surface area contributed by atoms with Crippen LogP contribution < -0.4 is 20.5 Å². The fourth-order valence-electron chi connectivity index (χ4n) is 3.31. The molecule has 0 atom stereocenters. The highest BCUT2D eigenvalue weighted by molar-refractivity contribution is 5.81. The molecule has 1 aromatic heterocycles. The zero-order valence-electron chi connectivity index (χ0n) is 18.7. The van der Waals surface area contributed by atoms with Crippen LogP contribution in [0.4, 0.5) is 10.3 Å². The number of hydrogen-bond donors (Lipinski definition) is 2. The molecule has 0 fully saturated rings. The quantitative estimate of drug-likeness (QED) is 0.291. The van der Waals surface area contributed by atoms with Crippen LogP contribution in [0.15, 0.2) is 82.7 Å². The number of hydrazone groups is 1. The van der Waals surface area contributed by atoms with Gasteiger partial charge >= 0.3 is 0 Å². The lowest BCUT2D eigenvalue weighted by molar-refractivity contribution is 0.282. The summed E-state index contributed by atoms with van der Waals surface area (Å²) < 4.78 is 24.8. The number of nitriles is 1. The minimum Gasteiger partial charge on any atom is -0.496 e. The first kappa shape index (κ1) is 23.2. The standard InChI is InChI=1S/C26H20FN5O3/c1-34-22-12-11-17(13-19(22)16-35-23-10-6-5-9-21(23)27)15-29-32-26-30-24(18-7-3-2-4-8-18)20(14-28)25(33)31-26/h2-13,15H,16H2,1H3,(H2,30,31,32,33). The van der Waals surface area contributed by atoms with Crippen molar-refractivity contribution in [3.05, 3.63) is 106 Å². The fourth-order valence-corrected chi connectivity index (χ4v) is 3.31. The summed E-state index contributed by atoms with van der Waals surface area (Å²) >= 11 is 0. The molecule has 4 rings (SSSR count). The lowest BCUT2D eigenvalue weighted by Crippen LogP contribution is -2.16. The van der Waals surface area contributed by atoms with Gasteiger partial charge in [0.15, 0.2) is 11.6 Å². The number of halogens is 1. The van der Waals surface area contributed by atoms with Crippen LogP contribution >= 0.6 is 0 Å². The average molecular weight is 469 g/mol. The normalized spacial score (nSPS) is 10.7. The van der Waals surface area contributed by atoms with E-state index in [-0.39, 0.29) is 29.6 Å². The first-order valence-electron chi connectivity index (χ1n) is 10.5. The lowest BCUT2D eigenvalue weighted by Gasteiger charge is -2.11. The van der Waals surface area contributed by atoms with Crippen molar-refractivity contribution in [2.24, 2.45) is 5.10 Å². The summed E-state index contributed by atoms with van der Waals surface area (Å²) in [6.45, 7) is 0.0874. The Bertz CT molecular complexity index is 1460. The van der Waals surface area contributed by atoms with Crippen LogP contribution in [0.1, 0.15) is 16.7 Å². The highest BCUT2D eigenvalue weighted by Crippen LogP contribution is 2.23. The van der Waals surface area contributed by atoms with E-state index in [1.165, 1.54) is 19.4 Å². The summed E-state index contributed by atoms with van der Waals surface area (Å²) in [6.07, 6.45) is 1.52. The molecule has 0 aliphatic carbocycles. The number of aromatic nitrogens is 2. The Balaban J connectivity index is 1.53. The second-order valence-electron chi connectivity index (χ2n) is 7.28. The summed E-state index contributed by atoms with van der Waals surface area (Å²) in [4.78, 5) is 19.2. The highest BCUT2D eigenvalue weighted by Gasteiger charge is 2.13. The molecule has 0 unspecified atom stereocenters. The number of nitrogens with zero attached hydrogens (tertiary/aromatic N) is 3. The fraction of sp³-hybridized carbons (Fsp3) is 0.0769. The van der Waals surface area contributed by atoms with Gasteiger partial charge in [-0.15, -0.1) is 0 Å².